The highest BCUT2D eigenvalue weighted by Gasteiger charge is 2.15. The summed E-state index contributed by atoms with van der Waals surface area (Å²) in [6.07, 6.45) is -0.896. The predicted octanol–water partition coefficient (Wildman–Crippen LogP) is 3.67. The van der Waals surface area contributed by atoms with Crippen molar-refractivity contribution in [3.63, 3.8) is 0 Å². The van der Waals surface area contributed by atoms with Crippen molar-refractivity contribution in [1.29, 1.82) is 0 Å². The zero-order valence-electron chi connectivity index (χ0n) is 14.9. The number of rotatable bonds is 7. The lowest BCUT2D eigenvalue weighted by Gasteiger charge is -2.12. The Kier molecular flexibility index (Phi) is 5.36. The third-order valence-corrected chi connectivity index (χ3v) is 4.98. The highest BCUT2D eigenvalue weighted by Crippen LogP contribution is 2.23. The Bertz CT molecular complexity index is 1070. The van der Waals surface area contributed by atoms with Crippen LogP contribution >= 0.6 is 11.3 Å². The van der Waals surface area contributed by atoms with Gasteiger partial charge in [-0.25, -0.2) is 4.79 Å². The fraction of sp³-hybridized carbons (Fsp3) is 0.143. The van der Waals surface area contributed by atoms with Crippen molar-refractivity contribution >= 4 is 11.3 Å². The number of hydrogen-bond donors (Lipinski definition) is 1. The summed E-state index contributed by atoms with van der Waals surface area (Å²) in [7, 11) is 0. The summed E-state index contributed by atoms with van der Waals surface area (Å²) in [6.45, 7) is 0.0358. The Labute approximate surface area is 165 Å². The number of aliphatic hydroxyl groups is 1. The molecule has 0 fully saturated rings. The van der Waals surface area contributed by atoms with E-state index in [-0.39, 0.29) is 19.0 Å². The molecular weight excluding hydrogens is 376 g/mol. The number of aromatic nitrogens is 2. The molecule has 0 amide bonds. The maximum atomic E-state index is 11.9. The number of aliphatic hydroxyl groups excluding tert-OH is 1. The van der Waals surface area contributed by atoms with Crippen molar-refractivity contribution in [2.75, 3.05) is 6.61 Å². The highest BCUT2D eigenvalue weighted by atomic mass is 32.1. The Morgan fingerprint density at radius 2 is 1.79 bits per heavy atom. The van der Waals surface area contributed by atoms with Crippen LogP contribution in [0.3, 0.4) is 0 Å². The first-order valence-electron chi connectivity index (χ1n) is 8.77. The fourth-order valence-electron chi connectivity index (χ4n) is 2.74. The molecule has 0 aliphatic carbocycles. The molecule has 7 heteroatoms. The zero-order valence-corrected chi connectivity index (χ0v) is 15.7. The van der Waals surface area contributed by atoms with Gasteiger partial charge >= 0.3 is 5.76 Å². The van der Waals surface area contributed by atoms with E-state index in [0.29, 0.717) is 5.75 Å². The second kappa shape index (κ2) is 8.24. The van der Waals surface area contributed by atoms with Crippen molar-refractivity contribution < 1.29 is 14.3 Å². The van der Waals surface area contributed by atoms with Crippen LogP contribution in [-0.4, -0.2) is 27.6 Å². The summed E-state index contributed by atoms with van der Waals surface area (Å²) in [6, 6.07) is 21.4. The maximum absolute atomic E-state index is 11.9. The van der Waals surface area contributed by atoms with Gasteiger partial charge in [0, 0.05) is 0 Å². The van der Waals surface area contributed by atoms with Gasteiger partial charge < -0.3 is 14.3 Å². The summed E-state index contributed by atoms with van der Waals surface area (Å²) in [5, 5.41) is 16.2. The van der Waals surface area contributed by atoms with Crippen molar-refractivity contribution in [3.05, 3.63) is 82.7 Å². The molecule has 1 N–H and O–H groups in total. The number of ether oxygens (including phenoxy) is 1. The van der Waals surface area contributed by atoms with Gasteiger partial charge in [0.25, 0.3) is 5.89 Å². The van der Waals surface area contributed by atoms with E-state index in [1.54, 1.807) is 0 Å². The van der Waals surface area contributed by atoms with E-state index in [4.69, 9.17) is 9.15 Å². The van der Waals surface area contributed by atoms with Crippen LogP contribution in [0.25, 0.3) is 21.9 Å². The molecule has 6 nitrogen and oxygen atoms in total. The van der Waals surface area contributed by atoms with Crippen LogP contribution < -0.4 is 10.5 Å². The summed E-state index contributed by atoms with van der Waals surface area (Å²) in [5.41, 5.74) is 2.21. The van der Waals surface area contributed by atoms with E-state index < -0.39 is 11.9 Å². The van der Waals surface area contributed by atoms with Gasteiger partial charge in [0.15, 0.2) is 0 Å². The predicted molar refractivity (Wildman–Crippen MR) is 107 cm³/mol. The minimum absolute atomic E-state index is 0.00416. The monoisotopic (exact) mass is 394 g/mol. The van der Waals surface area contributed by atoms with Crippen LogP contribution in [0.2, 0.25) is 0 Å². The molecule has 1 atom stereocenters. The second-order valence-electron chi connectivity index (χ2n) is 6.19. The summed E-state index contributed by atoms with van der Waals surface area (Å²) < 4.78 is 11.9. The Hall–Kier alpha value is -3.16. The number of thiophene rings is 1. The van der Waals surface area contributed by atoms with Crippen LogP contribution in [-0.2, 0) is 6.54 Å². The average molecular weight is 394 g/mol. The summed E-state index contributed by atoms with van der Waals surface area (Å²) in [5.74, 6) is 0.296. The second-order valence-corrected chi connectivity index (χ2v) is 7.14. The topological polar surface area (TPSA) is 77.5 Å². The summed E-state index contributed by atoms with van der Waals surface area (Å²) in [4.78, 5) is 12.7. The molecular formula is C21H18N2O4S. The fourth-order valence-corrected chi connectivity index (χ4v) is 3.38. The minimum atomic E-state index is -0.896. The quantitative estimate of drug-likeness (QED) is 0.517. The summed E-state index contributed by atoms with van der Waals surface area (Å²) >= 11 is 1.43. The van der Waals surface area contributed by atoms with E-state index in [1.807, 2.05) is 72.1 Å². The molecule has 2 aromatic heterocycles. The molecule has 4 aromatic rings. The van der Waals surface area contributed by atoms with Crippen molar-refractivity contribution in [3.8, 4) is 27.6 Å². The maximum Gasteiger partial charge on any atom is 0.437 e. The third-order valence-electron chi connectivity index (χ3n) is 4.13. The van der Waals surface area contributed by atoms with E-state index in [2.05, 4.69) is 5.10 Å². The molecule has 0 spiro atoms. The van der Waals surface area contributed by atoms with Gasteiger partial charge in [-0.3, -0.25) is 0 Å². The number of benzene rings is 2. The van der Waals surface area contributed by atoms with Crippen LogP contribution in [0, 0.1) is 0 Å². The van der Waals surface area contributed by atoms with Crippen LogP contribution in [0.4, 0.5) is 0 Å². The molecule has 2 heterocycles. The van der Waals surface area contributed by atoms with E-state index in [9.17, 15) is 9.90 Å². The minimum Gasteiger partial charge on any atom is -0.491 e. The van der Waals surface area contributed by atoms with Gasteiger partial charge in [-0.1, -0.05) is 48.5 Å². The van der Waals surface area contributed by atoms with Crippen molar-refractivity contribution in [1.82, 2.24) is 9.78 Å². The van der Waals surface area contributed by atoms with Crippen molar-refractivity contribution in [2.45, 2.75) is 12.6 Å². The molecule has 2 aromatic carbocycles. The van der Waals surface area contributed by atoms with Gasteiger partial charge in [-0.05, 0) is 34.7 Å². The van der Waals surface area contributed by atoms with Crippen LogP contribution in [0.1, 0.15) is 0 Å². The third kappa shape index (κ3) is 4.21. The number of nitrogens with zero attached hydrogens (tertiary/aromatic N) is 2. The Morgan fingerprint density at radius 1 is 1.04 bits per heavy atom. The van der Waals surface area contributed by atoms with Gasteiger partial charge in [-0.15, -0.1) is 16.4 Å². The molecule has 4 rings (SSSR count). The molecule has 0 unspecified atom stereocenters. The highest BCUT2D eigenvalue weighted by molar-refractivity contribution is 7.13. The zero-order chi connectivity index (χ0) is 19.3. The largest absolute Gasteiger partial charge is 0.491 e. The molecule has 0 bridgehead atoms. The lowest BCUT2D eigenvalue weighted by atomic mass is 10.1. The molecule has 0 aliphatic heterocycles. The van der Waals surface area contributed by atoms with Gasteiger partial charge in [0.2, 0.25) is 0 Å². The van der Waals surface area contributed by atoms with Crippen LogP contribution in [0.15, 0.2) is 81.3 Å². The molecule has 0 aliphatic rings. The average Bonchev–Trinajstić information content (AvgIpc) is 3.38. The molecule has 0 radical (unpaired) electrons. The van der Waals surface area contributed by atoms with E-state index >= 15 is 0 Å². The van der Waals surface area contributed by atoms with Crippen LogP contribution in [0.5, 0.6) is 5.75 Å². The molecule has 0 saturated carbocycles. The number of hydrogen-bond acceptors (Lipinski definition) is 6. The Morgan fingerprint density at radius 3 is 2.50 bits per heavy atom. The molecule has 0 saturated heterocycles. The van der Waals surface area contributed by atoms with Gasteiger partial charge in [0.05, 0.1) is 11.4 Å². The standard InChI is InChI=1S/C21H18N2O4S/c24-17(13-23-21(25)27-20(22-23)19-7-4-12-28-19)14-26-18-10-8-16(9-11-18)15-5-2-1-3-6-15/h1-12,17,24H,13-14H2/t17-/m0/s1. The van der Waals surface area contributed by atoms with Crippen molar-refractivity contribution in [2.24, 2.45) is 0 Å². The SMILES string of the molecule is O=c1oc(-c2cccs2)nn1C[C@H](O)COc1ccc(-c2ccccc2)cc1. The lowest BCUT2D eigenvalue weighted by molar-refractivity contribution is 0.0875. The lowest BCUT2D eigenvalue weighted by Crippen LogP contribution is -2.29. The van der Waals surface area contributed by atoms with Gasteiger partial charge in [0.1, 0.15) is 18.5 Å². The first kappa shape index (κ1) is 18.2. The normalized spacial score (nSPS) is 12.0. The smallest absolute Gasteiger partial charge is 0.437 e. The van der Waals surface area contributed by atoms with E-state index in [1.165, 1.54) is 11.3 Å². The molecule has 28 heavy (non-hydrogen) atoms. The van der Waals surface area contributed by atoms with Gasteiger partial charge in [-0.2, -0.15) is 4.68 Å². The first-order valence-corrected chi connectivity index (χ1v) is 9.65. The Balaban J connectivity index is 1.35. The molecule has 142 valence electrons. The first-order chi connectivity index (χ1) is 13.7. The van der Waals surface area contributed by atoms with E-state index in [0.717, 1.165) is 20.7 Å².